The van der Waals surface area contributed by atoms with Crippen molar-refractivity contribution in [1.82, 2.24) is 0 Å². The van der Waals surface area contributed by atoms with Crippen LogP contribution in [0.1, 0.15) is 6.42 Å². The van der Waals surface area contributed by atoms with Gasteiger partial charge in [0, 0.05) is 13.2 Å². The summed E-state index contributed by atoms with van der Waals surface area (Å²) in [6.45, 7) is 4.03. The highest BCUT2D eigenvalue weighted by molar-refractivity contribution is 4.62. The fourth-order valence-electron chi connectivity index (χ4n) is 1.10. The smallest absolute Gasteiger partial charge is 0.0831 e. The molecule has 0 saturated carbocycles. The quantitative estimate of drug-likeness (QED) is 0.566. The van der Waals surface area contributed by atoms with E-state index in [2.05, 4.69) is 0 Å². The summed E-state index contributed by atoms with van der Waals surface area (Å²) >= 11 is 0. The second kappa shape index (κ2) is 6.37. The highest BCUT2D eigenvalue weighted by Crippen LogP contribution is 2.07. The molecule has 1 aliphatic rings. The molecule has 0 aromatic rings. The topological polar surface area (TPSA) is 53.7 Å². The summed E-state index contributed by atoms with van der Waals surface area (Å²) in [5.74, 6) is 0. The van der Waals surface area contributed by atoms with Crippen LogP contribution in [-0.4, -0.2) is 45.7 Å². The molecule has 0 spiro atoms. The molecule has 1 fully saturated rings. The minimum atomic E-state index is 0.284. The average Bonchev–Trinajstić information content (AvgIpc) is 2.57. The molecule has 72 valence electrons. The summed E-state index contributed by atoms with van der Waals surface area (Å²) in [7, 11) is 0. The molecule has 0 aromatic carbocycles. The van der Waals surface area contributed by atoms with Crippen LogP contribution in [0, 0.1) is 0 Å². The normalized spacial score (nSPS) is 23.2. The number of rotatable bonds is 6. The zero-order valence-corrected chi connectivity index (χ0v) is 7.33. The van der Waals surface area contributed by atoms with Crippen LogP contribution in [0.3, 0.4) is 0 Å². The first-order valence-corrected chi connectivity index (χ1v) is 4.40. The number of ether oxygens (including phenoxy) is 3. The van der Waals surface area contributed by atoms with Crippen LogP contribution in [0.5, 0.6) is 0 Å². The Morgan fingerprint density at radius 2 is 2.25 bits per heavy atom. The van der Waals surface area contributed by atoms with Gasteiger partial charge in [0.05, 0.1) is 32.5 Å². The van der Waals surface area contributed by atoms with Crippen molar-refractivity contribution < 1.29 is 14.2 Å². The maximum Gasteiger partial charge on any atom is 0.0831 e. The molecule has 4 nitrogen and oxygen atoms in total. The lowest BCUT2D eigenvalue weighted by Crippen LogP contribution is -2.17. The van der Waals surface area contributed by atoms with Crippen molar-refractivity contribution in [2.24, 2.45) is 5.73 Å². The zero-order chi connectivity index (χ0) is 8.65. The van der Waals surface area contributed by atoms with Crippen molar-refractivity contribution in [2.75, 3.05) is 39.6 Å². The van der Waals surface area contributed by atoms with Gasteiger partial charge < -0.3 is 19.9 Å². The van der Waals surface area contributed by atoms with Crippen molar-refractivity contribution >= 4 is 0 Å². The Labute approximate surface area is 73.0 Å². The molecule has 4 heteroatoms. The average molecular weight is 175 g/mol. The molecule has 1 atom stereocenters. The van der Waals surface area contributed by atoms with Crippen molar-refractivity contribution in [3.63, 3.8) is 0 Å². The van der Waals surface area contributed by atoms with Gasteiger partial charge in [-0.2, -0.15) is 0 Å². The molecule has 1 rings (SSSR count). The van der Waals surface area contributed by atoms with E-state index in [0.29, 0.717) is 26.4 Å². The zero-order valence-electron chi connectivity index (χ0n) is 7.33. The highest BCUT2D eigenvalue weighted by Gasteiger charge is 2.15. The van der Waals surface area contributed by atoms with Gasteiger partial charge in [-0.3, -0.25) is 0 Å². The summed E-state index contributed by atoms with van der Waals surface area (Å²) in [6.07, 6.45) is 1.29. The van der Waals surface area contributed by atoms with Gasteiger partial charge in [-0.15, -0.1) is 0 Å². The van der Waals surface area contributed by atoms with Gasteiger partial charge in [-0.25, -0.2) is 0 Å². The van der Waals surface area contributed by atoms with Crippen LogP contribution in [0.2, 0.25) is 0 Å². The molecule has 1 aliphatic heterocycles. The summed E-state index contributed by atoms with van der Waals surface area (Å²) in [5.41, 5.74) is 5.25. The molecule has 0 aliphatic carbocycles. The predicted octanol–water partition coefficient (Wildman–Crippen LogP) is -0.233. The van der Waals surface area contributed by atoms with Crippen molar-refractivity contribution in [1.29, 1.82) is 0 Å². The molecule has 1 heterocycles. The Balaban J connectivity index is 1.81. The molecule has 12 heavy (non-hydrogen) atoms. The van der Waals surface area contributed by atoms with Gasteiger partial charge in [-0.1, -0.05) is 0 Å². The Morgan fingerprint density at radius 3 is 2.92 bits per heavy atom. The first-order chi connectivity index (χ1) is 5.93. The van der Waals surface area contributed by atoms with Crippen LogP contribution in [0.4, 0.5) is 0 Å². The van der Waals surface area contributed by atoms with Crippen LogP contribution >= 0.6 is 0 Å². The fraction of sp³-hybridized carbons (Fsp3) is 1.00. The van der Waals surface area contributed by atoms with Crippen LogP contribution in [-0.2, 0) is 14.2 Å². The molecule has 1 saturated heterocycles. The van der Waals surface area contributed by atoms with E-state index in [4.69, 9.17) is 19.9 Å². The van der Waals surface area contributed by atoms with Crippen molar-refractivity contribution in [3.8, 4) is 0 Å². The largest absolute Gasteiger partial charge is 0.379 e. The van der Waals surface area contributed by atoms with E-state index in [0.717, 1.165) is 19.6 Å². The minimum absolute atomic E-state index is 0.284. The monoisotopic (exact) mass is 175 g/mol. The lowest BCUT2D eigenvalue weighted by Gasteiger charge is -2.09. The second-order valence-electron chi connectivity index (χ2n) is 2.76. The van der Waals surface area contributed by atoms with Gasteiger partial charge in [0.25, 0.3) is 0 Å². The van der Waals surface area contributed by atoms with Gasteiger partial charge in [0.1, 0.15) is 0 Å². The van der Waals surface area contributed by atoms with Gasteiger partial charge in [0.15, 0.2) is 0 Å². The van der Waals surface area contributed by atoms with Gasteiger partial charge >= 0.3 is 0 Å². The molecular weight excluding hydrogens is 158 g/mol. The van der Waals surface area contributed by atoms with Crippen LogP contribution in [0.25, 0.3) is 0 Å². The number of nitrogens with two attached hydrogens (primary N) is 1. The molecule has 1 unspecified atom stereocenters. The SMILES string of the molecule is NCCOCCOC1CCOC1. The highest BCUT2D eigenvalue weighted by atomic mass is 16.6. The number of hydrogen-bond acceptors (Lipinski definition) is 4. The first-order valence-electron chi connectivity index (χ1n) is 4.40. The molecule has 0 aromatic heterocycles. The Morgan fingerprint density at radius 1 is 1.33 bits per heavy atom. The molecule has 2 N–H and O–H groups in total. The van der Waals surface area contributed by atoms with Crippen LogP contribution < -0.4 is 5.73 Å². The first kappa shape index (κ1) is 9.92. The maximum absolute atomic E-state index is 5.46. The minimum Gasteiger partial charge on any atom is -0.379 e. The van der Waals surface area contributed by atoms with E-state index >= 15 is 0 Å². The van der Waals surface area contributed by atoms with Gasteiger partial charge in [-0.05, 0) is 6.42 Å². The Hall–Kier alpha value is -0.160. The molecule has 0 bridgehead atoms. The third-order valence-corrected chi connectivity index (χ3v) is 1.73. The third kappa shape index (κ3) is 4.01. The summed E-state index contributed by atoms with van der Waals surface area (Å²) in [6, 6.07) is 0. The fourth-order valence-corrected chi connectivity index (χ4v) is 1.10. The Bertz CT molecular complexity index is 104. The number of hydrogen-bond donors (Lipinski definition) is 1. The van der Waals surface area contributed by atoms with E-state index in [1.165, 1.54) is 0 Å². The van der Waals surface area contributed by atoms with Crippen LogP contribution in [0.15, 0.2) is 0 Å². The molecule has 0 amide bonds. The van der Waals surface area contributed by atoms with E-state index in [9.17, 15) is 0 Å². The lowest BCUT2D eigenvalue weighted by atomic mass is 10.3. The van der Waals surface area contributed by atoms with Crippen molar-refractivity contribution in [2.45, 2.75) is 12.5 Å². The molecule has 0 radical (unpaired) electrons. The summed E-state index contributed by atoms with van der Waals surface area (Å²) in [5, 5.41) is 0. The third-order valence-electron chi connectivity index (χ3n) is 1.73. The van der Waals surface area contributed by atoms with Gasteiger partial charge in [0.2, 0.25) is 0 Å². The lowest BCUT2D eigenvalue weighted by molar-refractivity contribution is 0.00263. The standard InChI is InChI=1S/C8H17NO3/c9-2-4-10-5-6-12-8-1-3-11-7-8/h8H,1-7,9H2. The van der Waals surface area contributed by atoms with E-state index < -0.39 is 0 Å². The van der Waals surface area contributed by atoms with Crippen molar-refractivity contribution in [3.05, 3.63) is 0 Å². The van der Waals surface area contributed by atoms with E-state index in [-0.39, 0.29) is 6.10 Å². The van der Waals surface area contributed by atoms with E-state index in [1.54, 1.807) is 0 Å². The predicted molar refractivity (Wildman–Crippen MR) is 45.0 cm³/mol. The maximum atomic E-state index is 5.46. The van der Waals surface area contributed by atoms with E-state index in [1.807, 2.05) is 0 Å². The molecular formula is C8H17NO3. The second-order valence-corrected chi connectivity index (χ2v) is 2.76. The summed E-state index contributed by atoms with van der Waals surface area (Å²) < 4.78 is 15.8. The Kier molecular flexibility index (Phi) is 5.27. The summed E-state index contributed by atoms with van der Waals surface area (Å²) in [4.78, 5) is 0.